The molecule has 16 heavy (non-hydrogen) atoms. The minimum Gasteiger partial charge on any atom is -0.315 e. The summed E-state index contributed by atoms with van der Waals surface area (Å²) in [6, 6.07) is 4.60. The number of rotatable bonds is 3. The molecule has 0 aromatic carbocycles. The van der Waals surface area contributed by atoms with E-state index in [1.807, 2.05) is 12.1 Å². The molecule has 0 saturated carbocycles. The van der Waals surface area contributed by atoms with Gasteiger partial charge in [0.05, 0.1) is 0 Å². The lowest BCUT2D eigenvalue weighted by atomic mass is 10.1. The van der Waals surface area contributed by atoms with Crippen LogP contribution in [0.4, 0.5) is 0 Å². The van der Waals surface area contributed by atoms with Crippen LogP contribution in [0.15, 0.2) is 18.3 Å². The van der Waals surface area contributed by atoms with Gasteiger partial charge in [-0.2, -0.15) is 0 Å². The predicted octanol–water partition coefficient (Wildman–Crippen LogP) is 1.92. The number of aromatic nitrogens is 1. The zero-order chi connectivity index (χ0) is 11.4. The molecule has 0 aliphatic carbocycles. The van der Waals surface area contributed by atoms with Gasteiger partial charge in [0.15, 0.2) is 0 Å². The molecule has 88 valence electrons. The Hall–Kier alpha value is -0.640. The van der Waals surface area contributed by atoms with Gasteiger partial charge in [-0.1, -0.05) is 17.7 Å². The Kier molecular flexibility index (Phi) is 4.16. The fraction of sp³-hybridized carbons (Fsp3) is 0.583. The Morgan fingerprint density at radius 1 is 1.62 bits per heavy atom. The Morgan fingerprint density at radius 2 is 2.50 bits per heavy atom. The summed E-state index contributed by atoms with van der Waals surface area (Å²) >= 11 is 6.05. The van der Waals surface area contributed by atoms with E-state index >= 15 is 0 Å². The van der Waals surface area contributed by atoms with E-state index in [1.54, 1.807) is 6.20 Å². The molecule has 0 bridgehead atoms. The van der Waals surface area contributed by atoms with E-state index in [-0.39, 0.29) is 0 Å². The van der Waals surface area contributed by atoms with Crippen molar-refractivity contribution in [1.29, 1.82) is 0 Å². The summed E-state index contributed by atoms with van der Waals surface area (Å²) in [6.07, 6.45) is 4.26. The van der Waals surface area contributed by atoms with Crippen LogP contribution in [-0.4, -0.2) is 36.1 Å². The van der Waals surface area contributed by atoms with Crippen molar-refractivity contribution in [2.24, 2.45) is 0 Å². The maximum absolute atomic E-state index is 6.05. The minimum atomic E-state index is 0.616. The highest BCUT2D eigenvalue weighted by molar-refractivity contribution is 6.30. The maximum atomic E-state index is 6.05. The third-order valence-corrected chi connectivity index (χ3v) is 3.49. The molecule has 2 rings (SSSR count). The molecule has 0 spiro atoms. The largest absolute Gasteiger partial charge is 0.315 e. The molecule has 0 amide bonds. The number of piperidine rings is 1. The van der Waals surface area contributed by atoms with Crippen LogP contribution in [0, 0.1) is 0 Å². The fourth-order valence-corrected chi connectivity index (χ4v) is 2.32. The Balaban J connectivity index is 1.96. The summed E-state index contributed by atoms with van der Waals surface area (Å²) in [4.78, 5) is 6.46. The van der Waals surface area contributed by atoms with Crippen molar-refractivity contribution in [1.82, 2.24) is 15.2 Å². The summed E-state index contributed by atoms with van der Waals surface area (Å²) in [7, 11) is 2.15. The van der Waals surface area contributed by atoms with Gasteiger partial charge in [-0.25, -0.2) is 4.98 Å². The summed E-state index contributed by atoms with van der Waals surface area (Å²) in [5.74, 6) is 0. The summed E-state index contributed by atoms with van der Waals surface area (Å²) in [5.41, 5.74) is 1.11. The lowest BCUT2D eigenvalue weighted by Gasteiger charge is -2.31. The van der Waals surface area contributed by atoms with Crippen LogP contribution in [0.2, 0.25) is 5.15 Å². The monoisotopic (exact) mass is 239 g/mol. The molecule has 1 aliphatic heterocycles. The van der Waals surface area contributed by atoms with Crippen LogP contribution in [-0.2, 0) is 6.54 Å². The number of likely N-dealkylation sites (N-methyl/N-ethyl adjacent to an activating group) is 1. The highest BCUT2D eigenvalue weighted by Gasteiger charge is 2.18. The third kappa shape index (κ3) is 2.94. The summed E-state index contributed by atoms with van der Waals surface area (Å²) in [5, 5.41) is 4.05. The maximum Gasteiger partial charge on any atom is 0.133 e. The van der Waals surface area contributed by atoms with Crippen molar-refractivity contribution in [3.8, 4) is 0 Å². The summed E-state index contributed by atoms with van der Waals surface area (Å²) < 4.78 is 0. The second-order valence-electron chi connectivity index (χ2n) is 4.37. The van der Waals surface area contributed by atoms with Gasteiger partial charge in [0, 0.05) is 30.9 Å². The van der Waals surface area contributed by atoms with Crippen LogP contribution in [0.3, 0.4) is 0 Å². The lowest BCUT2D eigenvalue weighted by Crippen LogP contribution is -2.43. The zero-order valence-corrected chi connectivity index (χ0v) is 10.4. The predicted molar refractivity (Wildman–Crippen MR) is 66.6 cm³/mol. The van der Waals surface area contributed by atoms with E-state index in [0.717, 1.165) is 25.2 Å². The van der Waals surface area contributed by atoms with E-state index in [9.17, 15) is 0 Å². The topological polar surface area (TPSA) is 28.2 Å². The van der Waals surface area contributed by atoms with Crippen molar-refractivity contribution < 1.29 is 0 Å². The highest BCUT2D eigenvalue weighted by Crippen LogP contribution is 2.16. The smallest absolute Gasteiger partial charge is 0.133 e. The standard InChI is InChI=1S/C12H18ClN3/c1-16(11-5-3-6-14-8-11)9-10-4-2-7-15-12(10)13/h2,4,7,11,14H,3,5-6,8-9H2,1H3. The number of hydrogen-bond donors (Lipinski definition) is 1. The van der Waals surface area contributed by atoms with Crippen molar-refractivity contribution in [2.45, 2.75) is 25.4 Å². The molecule has 0 radical (unpaired) electrons. The van der Waals surface area contributed by atoms with Gasteiger partial charge >= 0.3 is 0 Å². The molecule has 3 nitrogen and oxygen atoms in total. The zero-order valence-electron chi connectivity index (χ0n) is 9.62. The first kappa shape index (κ1) is 11.8. The Labute approximate surface area is 102 Å². The quantitative estimate of drug-likeness (QED) is 0.817. The van der Waals surface area contributed by atoms with Crippen molar-refractivity contribution >= 4 is 11.6 Å². The average molecular weight is 240 g/mol. The summed E-state index contributed by atoms with van der Waals surface area (Å²) in [6.45, 7) is 3.10. The lowest BCUT2D eigenvalue weighted by molar-refractivity contribution is 0.196. The van der Waals surface area contributed by atoms with Crippen LogP contribution in [0.25, 0.3) is 0 Å². The van der Waals surface area contributed by atoms with Crippen LogP contribution >= 0.6 is 11.6 Å². The molecular formula is C12H18ClN3. The fourth-order valence-electron chi connectivity index (χ4n) is 2.14. The van der Waals surface area contributed by atoms with E-state index in [1.165, 1.54) is 12.8 Å². The minimum absolute atomic E-state index is 0.616. The normalized spacial score (nSPS) is 21.3. The van der Waals surface area contributed by atoms with E-state index < -0.39 is 0 Å². The number of hydrogen-bond acceptors (Lipinski definition) is 3. The second kappa shape index (κ2) is 5.62. The van der Waals surface area contributed by atoms with Crippen LogP contribution in [0.5, 0.6) is 0 Å². The third-order valence-electron chi connectivity index (χ3n) is 3.15. The molecule has 2 heterocycles. The molecule has 1 aromatic rings. The molecule has 1 fully saturated rings. The first-order valence-electron chi connectivity index (χ1n) is 5.77. The molecule has 4 heteroatoms. The first-order chi connectivity index (χ1) is 7.77. The van der Waals surface area contributed by atoms with Gasteiger partial charge in [-0.05, 0) is 32.5 Å². The average Bonchev–Trinajstić information content (AvgIpc) is 2.33. The van der Waals surface area contributed by atoms with Crippen molar-refractivity contribution in [2.75, 3.05) is 20.1 Å². The molecule has 1 aliphatic rings. The van der Waals surface area contributed by atoms with Crippen molar-refractivity contribution in [3.63, 3.8) is 0 Å². The molecule has 1 unspecified atom stereocenters. The van der Waals surface area contributed by atoms with Gasteiger partial charge < -0.3 is 5.32 Å². The van der Waals surface area contributed by atoms with Gasteiger partial charge in [0.25, 0.3) is 0 Å². The molecule has 1 aromatic heterocycles. The number of nitrogens with zero attached hydrogens (tertiary/aromatic N) is 2. The van der Waals surface area contributed by atoms with E-state index in [2.05, 4.69) is 22.2 Å². The van der Waals surface area contributed by atoms with Crippen LogP contribution in [0.1, 0.15) is 18.4 Å². The molecule has 1 atom stereocenters. The van der Waals surface area contributed by atoms with Crippen LogP contribution < -0.4 is 5.32 Å². The van der Waals surface area contributed by atoms with Gasteiger partial charge in [-0.3, -0.25) is 4.90 Å². The second-order valence-corrected chi connectivity index (χ2v) is 4.73. The Morgan fingerprint density at radius 3 is 3.19 bits per heavy atom. The Bertz CT molecular complexity index is 337. The molecular weight excluding hydrogens is 222 g/mol. The van der Waals surface area contributed by atoms with Gasteiger partial charge in [0.2, 0.25) is 0 Å². The molecule has 1 saturated heterocycles. The van der Waals surface area contributed by atoms with Gasteiger partial charge in [0.1, 0.15) is 5.15 Å². The molecule has 1 N–H and O–H groups in total. The van der Waals surface area contributed by atoms with Crippen molar-refractivity contribution in [3.05, 3.63) is 29.0 Å². The highest BCUT2D eigenvalue weighted by atomic mass is 35.5. The SMILES string of the molecule is CN(Cc1cccnc1Cl)C1CCCNC1. The number of pyridine rings is 1. The number of nitrogens with one attached hydrogen (secondary N) is 1. The van der Waals surface area contributed by atoms with Gasteiger partial charge in [-0.15, -0.1) is 0 Å². The number of halogens is 1. The van der Waals surface area contributed by atoms with E-state index in [0.29, 0.717) is 11.2 Å². The van der Waals surface area contributed by atoms with E-state index in [4.69, 9.17) is 11.6 Å². The first-order valence-corrected chi connectivity index (χ1v) is 6.15.